The molecule has 0 saturated carbocycles. The van der Waals surface area contributed by atoms with Gasteiger partial charge in [0, 0.05) is 25.5 Å². The van der Waals surface area contributed by atoms with Crippen LogP contribution in [0.1, 0.15) is 18.5 Å². The van der Waals surface area contributed by atoms with Crippen LogP contribution in [0.2, 0.25) is 0 Å². The fraction of sp³-hybridized carbons (Fsp3) is 0.444. The lowest BCUT2D eigenvalue weighted by molar-refractivity contribution is -0.142. The first-order chi connectivity index (χ1) is 12.1. The minimum absolute atomic E-state index is 0.0344. The molecule has 2 heterocycles. The maximum absolute atomic E-state index is 13.0. The molecule has 1 N–H and O–H groups in total. The lowest BCUT2D eigenvalue weighted by Gasteiger charge is -2.41. The largest absolute Gasteiger partial charge is 0.491 e. The van der Waals surface area contributed by atoms with Crippen molar-refractivity contribution in [3.63, 3.8) is 0 Å². The van der Waals surface area contributed by atoms with E-state index in [1.165, 1.54) is 12.1 Å². The van der Waals surface area contributed by atoms with Crippen molar-refractivity contribution >= 4 is 5.91 Å². The van der Waals surface area contributed by atoms with Gasteiger partial charge in [0.05, 0.1) is 19.3 Å². The van der Waals surface area contributed by atoms with E-state index >= 15 is 0 Å². The Labute approximate surface area is 146 Å². The highest BCUT2D eigenvalue weighted by Gasteiger charge is 2.38. The standard InChI is InChI=1S/C18H22FN3O3/c1-24-18(12-25-16-5-3-14(19)4-6-16)7-2-8-22(11-18)17(23)9-15-10-20-13-21-15/h3-6,10,13H,2,7-9,11-12H2,1H3,(H,20,21)/t18-/m0/s1. The topological polar surface area (TPSA) is 67.5 Å². The van der Waals surface area contributed by atoms with Gasteiger partial charge in [0.1, 0.15) is 23.8 Å². The molecule has 1 fully saturated rings. The van der Waals surface area contributed by atoms with E-state index < -0.39 is 5.60 Å². The Morgan fingerprint density at radius 2 is 2.20 bits per heavy atom. The van der Waals surface area contributed by atoms with Gasteiger partial charge in [-0.1, -0.05) is 0 Å². The van der Waals surface area contributed by atoms with Gasteiger partial charge in [0.15, 0.2) is 0 Å². The molecule has 7 heteroatoms. The number of methoxy groups -OCH3 is 1. The van der Waals surface area contributed by atoms with Crippen molar-refractivity contribution in [3.05, 3.63) is 48.3 Å². The highest BCUT2D eigenvalue weighted by molar-refractivity contribution is 5.78. The number of aromatic amines is 1. The Hall–Kier alpha value is -2.41. The third-order valence-electron chi connectivity index (χ3n) is 4.54. The summed E-state index contributed by atoms with van der Waals surface area (Å²) in [4.78, 5) is 21.2. The minimum atomic E-state index is -0.559. The number of aromatic nitrogens is 2. The first-order valence-electron chi connectivity index (χ1n) is 8.29. The number of benzene rings is 1. The molecule has 25 heavy (non-hydrogen) atoms. The Kier molecular flexibility index (Phi) is 5.33. The van der Waals surface area contributed by atoms with Crippen LogP contribution in [0.4, 0.5) is 4.39 Å². The van der Waals surface area contributed by atoms with Gasteiger partial charge in [0.2, 0.25) is 5.91 Å². The van der Waals surface area contributed by atoms with Gasteiger partial charge in [-0.2, -0.15) is 0 Å². The molecule has 0 spiro atoms. The van der Waals surface area contributed by atoms with Crippen molar-refractivity contribution in [1.82, 2.24) is 14.9 Å². The summed E-state index contributed by atoms with van der Waals surface area (Å²) in [5.41, 5.74) is 0.233. The van der Waals surface area contributed by atoms with E-state index in [0.717, 1.165) is 18.5 Å². The molecule has 1 aliphatic rings. The number of piperidine rings is 1. The first-order valence-corrected chi connectivity index (χ1v) is 8.29. The van der Waals surface area contributed by atoms with Crippen molar-refractivity contribution in [2.45, 2.75) is 24.9 Å². The third kappa shape index (κ3) is 4.36. The van der Waals surface area contributed by atoms with Crippen LogP contribution in [0.5, 0.6) is 5.75 Å². The van der Waals surface area contributed by atoms with Gasteiger partial charge in [-0.3, -0.25) is 4.79 Å². The van der Waals surface area contributed by atoms with Crippen molar-refractivity contribution in [1.29, 1.82) is 0 Å². The molecule has 1 amide bonds. The van der Waals surface area contributed by atoms with Gasteiger partial charge in [0.25, 0.3) is 0 Å². The number of likely N-dealkylation sites (tertiary alicyclic amines) is 1. The average molecular weight is 347 g/mol. The summed E-state index contributed by atoms with van der Waals surface area (Å²) in [6.07, 6.45) is 5.16. The molecule has 6 nitrogen and oxygen atoms in total. The number of hydrogen-bond acceptors (Lipinski definition) is 4. The number of rotatable bonds is 6. The summed E-state index contributed by atoms with van der Waals surface area (Å²) in [6.45, 7) is 1.48. The van der Waals surface area contributed by atoms with E-state index in [1.54, 1.807) is 31.8 Å². The number of nitrogens with one attached hydrogen (secondary N) is 1. The predicted molar refractivity (Wildman–Crippen MR) is 89.7 cm³/mol. The monoisotopic (exact) mass is 347 g/mol. The van der Waals surface area contributed by atoms with Crippen molar-refractivity contribution in [2.24, 2.45) is 0 Å². The van der Waals surface area contributed by atoms with Crippen LogP contribution in [0.3, 0.4) is 0 Å². The summed E-state index contributed by atoms with van der Waals surface area (Å²) in [7, 11) is 1.64. The number of H-pyrrole nitrogens is 1. The van der Waals surface area contributed by atoms with E-state index in [-0.39, 0.29) is 11.7 Å². The Morgan fingerprint density at radius 3 is 2.88 bits per heavy atom. The number of hydrogen-bond donors (Lipinski definition) is 1. The first kappa shape index (κ1) is 17.4. The Morgan fingerprint density at radius 1 is 1.40 bits per heavy atom. The molecule has 0 aliphatic carbocycles. The number of nitrogens with zero attached hydrogens (tertiary/aromatic N) is 2. The summed E-state index contributed by atoms with van der Waals surface area (Å²) in [5.74, 6) is 0.313. The second-order valence-electron chi connectivity index (χ2n) is 6.30. The number of ether oxygens (including phenoxy) is 2. The number of imidazole rings is 1. The predicted octanol–water partition coefficient (Wildman–Crippen LogP) is 2.18. The number of carbonyl (C=O) groups is 1. The highest BCUT2D eigenvalue weighted by atomic mass is 19.1. The van der Waals surface area contributed by atoms with Crippen LogP contribution in [0.25, 0.3) is 0 Å². The van der Waals surface area contributed by atoms with Gasteiger partial charge >= 0.3 is 0 Å². The molecular formula is C18H22FN3O3. The van der Waals surface area contributed by atoms with Gasteiger partial charge in [-0.15, -0.1) is 0 Å². The molecule has 0 radical (unpaired) electrons. The summed E-state index contributed by atoms with van der Waals surface area (Å²) >= 11 is 0. The van der Waals surface area contributed by atoms with Crippen LogP contribution in [0.15, 0.2) is 36.8 Å². The SMILES string of the molecule is CO[C@@]1(COc2ccc(F)cc2)CCCN(C(=O)Cc2cnc[nH]2)C1. The van der Waals surface area contributed by atoms with Crippen LogP contribution >= 0.6 is 0 Å². The zero-order valence-corrected chi connectivity index (χ0v) is 14.2. The average Bonchev–Trinajstić information content (AvgIpc) is 3.14. The lowest BCUT2D eigenvalue weighted by Crippen LogP contribution is -2.54. The molecule has 0 bridgehead atoms. The van der Waals surface area contributed by atoms with Crippen molar-refractivity contribution in [2.75, 3.05) is 26.8 Å². The lowest BCUT2D eigenvalue weighted by atomic mass is 9.93. The Balaban J connectivity index is 1.61. The second kappa shape index (κ2) is 7.65. The van der Waals surface area contributed by atoms with Crippen LogP contribution in [-0.4, -0.2) is 53.2 Å². The maximum atomic E-state index is 13.0. The van der Waals surface area contributed by atoms with Crippen molar-refractivity contribution < 1.29 is 18.7 Å². The molecule has 1 aliphatic heterocycles. The third-order valence-corrected chi connectivity index (χ3v) is 4.54. The summed E-state index contributed by atoms with van der Waals surface area (Å²) in [5, 5.41) is 0. The van der Waals surface area contributed by atoms with Gasteiger partial charge in [-0.05, 0) is 37.1 Å². The molecule has 1 aromatic heterocycles. The normalized spacial score (nSPS) is 20.5. The molecular weight excluding hydrogens is 325 g/mol. The maximum Gasteiger partial charge on any atom is 0.228 e. The van der Waals surface area contributed by atoms with Crippen LogP contribution < -0.4 is 4.74 Å². The molecule has 0 unspecified atom stereocenters. The van der Waals surface area contributed by atoms with Crippen LogP contribution in [-0.2, 0) is 16.0 Å². The Bertz CT molecular complexity index is 690. The quantitative estimate of drug-likeness (QED) is 0.870. The molecule has 134 valence electrons. The van der Waals surface area contributed by atoms with E-state index in [0.29, 0.717) is 31.9 Å². The van der Waals surface area contributed by atoms with Crippen LogP contribution in [0, 0.1) is 5.82 Å². The minimum Gasteiger partial charge on any atom is -0.491 e. The molecule has 1 saturated heterocycles. The number of halogens is 1. The van der Waals surface area contributed by atoms with Crippen molar-refractivity contribution in [3.8, 4) is 5.75 Å². The molecule has 1 aromatic carbocycles. The summed E-state index contributed by atoms with van der Waals surface area (Å²) in [6, 6.07) is 5.89. The fourth-order valence-electron chi connectivity index (χ4n) is 3.06. The number of amides is 1. The fourth-order valence-corrected chi connectivity index (χ4v) is 3.06. The summed E-state index contributed by atoms with van der Waals surface area (Å²) < 4.78 is 24.5. The second-order valence-corrected chi connectivity index (χ2v) is 6.30. The highest BCUT2D eigenvalue weighted by Crippen LogP contribution is 2.26. The van der Waals surface area contributed by atoms with E-state index in [9.17, 15) is 9.18 Å². The smallest absolute Gasteiger partial charge is 0.228 e. The molecule has 3 rings (SSSR count). The number of carbonyl (C=O) groups excluding carboxylic acids is 1. The van der Waals surface area contributed by atoms with Gasteiger partial charge < -0.3 is 19.4 Å². The van der Waals surface area contributed by atoms with E-state index in [1.807, 2.05) is 4.90 Å². The molecule has 2 aromatic rings. The van der Waals surface area contributed by atoms with Gasteiger partial charge in [-0.25, -0.2) is 9.37 Å². The zero-order chi connectivity index (χ0) is 17.7. The zero-order valence-electron chi connectivity index (χ0n) is 14.2. The van der Waals surface area contributed by atoms with E-state index in [2.05, 4.69) is 9.97 Å². The molecule has 1 atom stereocenters. The van der Waals surface area contributed by atoms with E-state index in [4.69, 9.17) is 9.47 Å².